The fraction of sp³-hybridized carbons (Fsp3) is 0.206. The first-order valence-corrected chi connectivity index (χ1v) is 15.1. The highest BCUT2D eigenvalue weighted by atomic mass is 79.9. The fourth-order valence-electron chi connectivity index (χ4n) is 6.63. The number of pyridine rings is 1. The van der Waals surface area contributed by atoms with Crippen LogP contribution in [0.3, 0.4) is 0 Å². The quantitative estimate of drug-likeness (QED) is 0.0964. The molecule has 0 N–H and O–H groups in total. The van der Waals surface area contributed by atoms with Crippen molar-refractivity contribution in [2.45, 2.75) is 13.3 Å². The van der Waals surface area contributed by atoms with Gasteiger partial charge in [0.15, 0.2) is 12.4 Å². The number of aryl methyl sites for hydroxylation is 1. The van der Waals surface area contributed by atoms with Gasteiger partial charge in [-0.3, -0.25) is 19.3 Å². The number of imide groups is 1. The van der Waals surface area contributed by atoms with Crippen molar-refractivity contribution in [2.75, 3.05) is 11.5 Å². The normalized spacial score (nSPS) is 22.0. The highest BCUT2D eigenvalue weighted by Gasteiger charge is 2.59. The smallest absolute Gasteiger partial charge is 0.339 e. The first-order chi connectivity index (χ1) is 20.7. The third-order valence-electron chi connectivity index (χ3n) is 8.77. The molecule has 1 saturated heterocycles. The fourth-order valence-corrected chi connectivity index (χ4v) is 7.30. The zero-order chi connectivity index (χ0) is 30.0. The Bertz CT molecular complexity index is 1860. The lowest BCUT2D eigenvalue weighted by atomic mass is 9.85. The van der Waals surface area contributed by atoms with E-state index in [0.29, 0.717) is 48.5 Å². The summed E-state index contributed by atoms with van der Waals surface area (Å²) in [5.74, 6) is -1.57. The number of fused-ring (bicyclic) bond motifs is 6. The van der Waals surface area contributed by atoms with E-state index < -0.39 is 12.6 Å². The molecule has 2 amide bonds. The average molecular weight is 656 g/mol. The number of carbonyl (C=O) groups is 4. The molecule has 214 valence electrons. The Morgan fingerprint density at radius 2 is 1.63 bits per heavy atom. The van der Waals surface area contributed by atoms with Crippen molar-refractivity contribution in [2.24, 2.45) is 23.7 Å². The van der Waals surface area contributed by atoms with Gasteiger partial charge in [-0.1, -0.05) is 66.2 Å². The predicted octanol–water partition coefficient (Wildman–Crippen LogP) is 6.98. The van der Waals surface area contributed by atoms with Crippen molar-refractivity contribution in [3.63, 3.8) is 0 Å². The van der Waals surface area contributed by atoms with Crippen molar-refractivity contribution in [1.82, 2.24) is 4.98 Å². The molecular formula is C34H24BrClN2O5. The summed E-state index contributed by atoms with van der Waals surface area (Å²) in [6, 6.07) is 19.0. The molecule has 0 radical (unpaired) electrons. The summed E-state index contributed by atoms with van der Waals surface area (Å²) in [7, 11) is 0. The Hall–Kier alpha value is -4.14. The lowest BCUT2D eigenvalue weighted by Crippen LogP contribution is -2.32. The van der Waals surface area contributed by atoms with Gasteiger partial charge in [-0.05, 0) is 70.9 Å². The minimum absolute atomic E-state index is 0.133. The number of ketones is 1. The second kappa shape index (κ2) is 10.5. The Morgan fingerprint density at radius 1 is 0.977 bits per heavy atom. The Morgan fingerprint density at radius 3 is 2.28 bits per heavy atom. The van der Waals surface area contributed by atoms with Gasteiger partial charge in [-0.15, -0.1) is 0 Å². The number of esters is 1. The first-order valence-electron chi connectivity index (χ1n) is 13.9. The van der Waals surface area contributed by atoms with E-state index in [1.54, 1.807) is 66.7 Å². The van der Waals surface area contributed by atoms with E-state index in [0.717, 1.165) is 6.42 Å². The number of anilines is 1. The average Bonchev–Trinajstić information content (AvgIpc) is 3.72. The van der Waals surface area contributed by atoms with E-state index >= 15 is 0 Å². The van der Waals surface area contributed by atoms with E-state index in [1.165, 1.54) is 4.90 Å². The van der Waals surface area contributed by atoms with Crippen molar-refractivity contribution >= 4 is 67.7 Å². The third kappa shape index (κ3) is 4.51. The molecule has 7 nitrogen and oxygen atoms in total. The summed E-state index contributed by atoms with van der Waals surface area (Å²) in [5.41, 5.74) is 3.50. The zero-order valence-electron chi connectivity index (χ0n) is 22.9. The number of rotatable bonds is 6. The molecular weight excluding hydrogens is 632 g/mol. The van der Waals surface area contributed by atoms with E-state index in [4.69, 9.17) is 21.3 Å². The van der Waals surface area contributed by atoms with E-state index in [9.17, 15) is 19.2 Å². The standard InChI is InChI=1S/C34H24BrClN2O5/c1-17-30(36)25(35)14-23-24(34(42)43-16-27(39)19-5-3-2-4-6-19)15-26(37-31(17)23)18-9-11-22(12-10-18)38-32(40)28-20-7-8-21(13-20)29(28)33(38)41/h2-12,14-15,20-21,28-29H,13,16H2,1H3. The number of hydrogen-bond donors (Lipinski definition) is 0. The number of amides is 2. The number of aromatic nitrogens is 1. The molecule has 4 atom stereocenters. The zero-order valence-corrected chi connectivity index (χ0v) is 25.3. The van der Waals surface area contributed by atoms with Crippen LogP contribution in [-0.2, 0) is 14.3 Å². The number of nitrogens with zero attached hydrogens (tertiary/aromatic N) is 2. The second-order valence-corrected chi connectivity index (χ2v) is 12.4. The second-order valence-electron chi connectivity index (χ2n) is 11.2. The number of carbonyl (C=O) groups excluding carboxylic acids is 4. The van der Waals surface area contributed by atoms with Gasteiger partial charge >= 0.3 is 5.97 Å². The van der Waals surface area contributed by atoms with Crippen LogP contribution in [-0.4, -0.2) is 35.2 Å². The maximum absolute atomic E-state index is 13.4. The highest BCUT2D eigenvalue weighted by molar-refractivity contribution is 9.10. The maximum Gasteiger partial charge on any atom is 0.339 e. The predicted molar refractivity (Wildman–Crippen MR) is 166 cm³/mol. The number of Topliss-reactive ketones (excluding diaryl/α,β-unsaturated/α-hetero) is 1. The van der Waals surface area contributed by atoms with E-state index in [-0.39, 0.29) is 46.8 Å². The van der Waals surface area contributed by atoms with Crippen LogP contribution in [0.5, 0.6) is 0 Å². The lowest BCUT2D eigenvalue weighted by molar-refractivity contribution is -0.123. The number of ether oxygens (including phenoxy) is 1. The van der Waals surface area contributed by atoms with Gasteiger partial charge in [0.05, 0.1) is 39.3 Å². The Labute approximate surface area is 260 Å². The van der Waals surface area contributed by atoms with Gasteiger partial charge in [0.1, 0.15) is 0 Å². The SMILES string of the molecule is Cc1c(Cl)c(Br)cc2c(C(=O)OCC(=O)c3ccccc3)cc(-c3ccc(N4C(=O)C5C6C=CC(C6)C5C4=O)cc3)nc12. The van der Waals surface area contributed by atoms with Gasteiger partial charge in [-0.2, -0.15) is 0 Å². The van der Waals surface area contributed by atoms with Gasteiger partial charge in [0.2, 0.25) is 11.8 Å². The molecule has 3 aliphatic rings. The number of hydrogen-bond acceptors (Lipinski definition) is 6. The monoisotopic (exact) mass is 654 g/mol. The molecule has 43 heavy (non-hydrogen) atoms. The maximum atomic E-state index is 13.4. The topological polar surface area (TPSA) is 93.6 Å². The molecule has 2 bridgehead atoms. The molecule has 3 aromatic carbocycles. The van der Waals surface area contributed by atoms with Crippen LogP contribution in [0, 0.1) is 30.6 Å². The first kappa shape index (κ1) is 27.7. The minimum Gasteiger partial charge on any atom is -0.454 e. The van der Waals surface area contributed by atoms with Crippen molar-refractivity contribution in [1.29, 1.82) is 0 Å². The summed E-state index contributed by atoms with van der Waals surface area (Å²) < 4.78 is 6.07. The molecule has 1 saturated carbocycles. The van der Waals surface area contributed by atoms with Gasteiger partial charge in [0, 0.05) is 21.0 Å². The van der Waals surface area contributed by atoms with Crippen LogP contribution in [0.25, 0.3) is 22.2 Å². The van der Waals surface area contributed by atoms with Crippen molar-refractivity contribution in [3.05, 3.63) is 105 Å². The van der Waals surface area contributed by atoms with Crippen LogP contribution in [0.2, 0.25) is 5.02 Å². The molecule has 2 heterocycles. The van der Waals surface area contributed by atoms with E-state index in [1.807, 2.05) is 6.92 Å². The molecule has 1 aliphatic heterocycles. The van der Waals surface area contributed by atoms with E-state index in [2.05, 4.69) is 28.1 Å². The molecule has 1 aromatic heterocycles. The van der Waals surface area contributed by atoms with Gasteiger partial charge in [-0.25, -0.2) is 9.78 Å². The molecule has 4 aromatic rings. The largest absolute Gasteiger partial charge is 0.454 e. The van der Waals surface area contributed by atoms with Crippen LogP contribution in [0.4, 0.5) is 5.69 Å². The van der Waals surface area contributed by atoms with Gasteiger partial charge in [0.25, 0.3) is 0 Å². The van der Waals surface area contributed by atoms with Crippen molar-refractivity contribution < 1.29 is 23.9 Å². The molecule has 2 fully saturated rings. The summed E-state index contributed by atoms with van der Waals surface area (Å²) >= 11 is 9.98. The molecule has 9 heteroatoms. The summed E-state index contributed by atoms with van der Waals surface area (Å²) in [4.78, 5) is 58.7. The Balaban J connectivity index is 1.22. The van der Waals surface area contributed by atoms with Crippen LogP contribution < -0.4 is 4.90 Å². The van der Waals surface area contributed by atoms with Crippen LogP contribution >= 0.6 is 27.5 Å². The lowest BCUT2D eigenvalue weighted by Gasteiger charge is -2.18. The number of benzene rings is 3. The molecule has 2 aliphatic carbocycles. The van der Waals surface area contributed by atoms with Gasteiger partial charge < -0.3 is 4.74 Å². The third-order valence-corrected chi connectivity index (χ3v) is 10.1. The number of allylic oxidation sites excluding steroid dienone is 2. The molecule has 7 rings (SSSR count). The summed E-state index contributed by atoms with van der Waals surface area (Å²) in [6.07, 6.45) is 5.02. The number of halogens is 2. The molecule has 4 unspecified atom stereocenters. The van der Waals surface area contributed by atoms with Crippen LogP contribution in [0.15, 0.2) is 83.4 Å². The summed E-state index contributed by atoms with van der Waals surface area (Å²) in [6.45, 7) is 1.40. The minimum atomic E-state index is -0.675. The van der Waals surface area contributed by atoms with Crippen molar-refractivity contribution in [3.8, 4) is 11.3 Å². The Kier molecular flexibility index (Phi) is 6.78. The van der Waals surface area contributed by atoms with Crippen LogP contribution in [0.1, 0.15) is 32.7 Å². The molecule has 0 spiro atoms. The highest BCUT2D eigenvalue weighted by Crippen LogP contribution is 2.53. The summed E-state index contributed by atoms with van der Waals surface area (Å²) in [5, 5.41) is 0.987.